The van der Waals surface area contributed by atoms with Gasteiger partial charge in [-0.3, -0.25) is 9.69 Å². The molecule has 3 heteroatoms. The molecule has 0 aromatic heterocycles. The first-order valence-electron chi connectivity index (χ1n) is 8.07. The Kier molecular flexibility index (Phi) is 5.68. The Hall–Kier alpha value is -0.570. The van der Waals surface area contributed by atoms with E-state index in [4.69, 9.17) is 4.74 Å². The first-order valence-corrected chi connectivity index (χ1v) is 8.07. The van der Waals surface area contributed by atoms with Crippen LogP contribution in [0.1, 0.15) is 64.7 Å². The normalized spacial score (nSPS) is 28.8. The van der Waals surface area contributed by atoms with Gasteiger partial charge in [-0.05, 0) is 44.4 Å². The summed E-state index contributed by atoms with van der Waals surface area (Å²) in [4.78, 5) is 14.2. The summed E-state index contributed by atoms with van der Waals surface area (Å²) in [5.41, 5.74) is 0. The molecule has 0 aromatic rings. The molecule has 0 amide bonds. The summed E-state index contributed by atoms with van der Waals surface area (Å²) in [7, 11) is 1.50. The zero-order valence-electron chi connectivity index (χ0n) is 12.6. The number of carbonyl (C=O) groups is 1. The Labute approximate surface area is 117 Å². The molecule has 19 heavy (non-hydrogen) atoms. The van der Waals surface area contributed by atoms with Crippen molar-refractivity contribution in [2.45, 2.75) is 76.8 Å². The van der Waals surface area contributed by atoms with Crippen molar-refractivity contribution in [1.29, 1.82) is 0 Å². The molecule has 2 rings (SSSR count). The summed E-state index contributed by atoms with van der Waals surface area (Å²) in [5, 5.41) is 0. The van der Waals surface area contributed by atoms with Gasteiger partial charge in [-0.15, -0.1) is 0 Å². The van der Waals surface area contributed by atoms with Crippen molar-refractivity contribution in [2.75, 3.05) is 13.7 Å². The van der Waals surface area contributed by atoms with Crippen LogP contribution in [-0.4, -0.2) is 36.6 Å². The quantitative estimate of drug-likeness (QED) is 0.715. The second-order valence-corrected chi connectivity index (χ2v) is 6.27. The second kappa shape index (κ2) is 7.28. The monoisotopic (exact) mass is 267 g/mol. The number of hydrogen-bond acceptors (Lipinski definition) is 3. The fourth-order valence-electron chi connectivity index (χ4n) is 3.89. The molecule has 0 unspecified atom stereocenters. The fraction of sp³-hybridized carbons (Fsp3) is 0.938. The van der Waals surface area contributed by atoms with Crippen molar-refractivity contribution in [3.8, 4) is 0 Å². The first kappa shape index (κ1) is 14.8. The molecule has 0 radical (unpaired) electrons. The van der Waals surface area contributed by atoms with E-state index in [-0.39, 0.29) is 5.97 Å². The zero-order chi connectivity index (χ0) is 13.7. The molecular weight excluding hydrogens is 238 g/mol. The van der Waals surface area contributed by atoms with Crippen molar-refractivity contribution in [3.63, 3.8) is 0 Å². The molecule has 0 aromatic carbocycles. The topological polar surface area (TPSA) is 29.5 Å². The maximum absolute atomic E-state index is 11.7. The van der Waals surface area contributed by atoms with Gasteiger partial charge in [-0.25, -0.2) is 0 Å². The van der Waals surface area contributed by atoms with Crippen LogP contribution >= 0.6 is 0 Å². The molecule has 0 atom stereocenters. The molecule has 0 heterocycles. The summed E-state index contributed by atoms with van der Waals surface area (Å²) in [5.74, 6) is 0.851. The standard InChI is InChI=1S/C16H29NO2/c1-3-13-8-10-15(11-9-13)17(12-16(18)19-2)14-6-4-5-7-14/h13-15H,3-12H2,1-2H3. The van der Waals surface area contributed by atoms with E-state index in [1.807, 2.05) is 0 Å². The SMILES string of the molecule is CCC1CCC(N(CC(=O)OC)C2CCCC2)CC1. The first-order chi connectivity index (χ1) is 9.24. The molecule has 0 N–H and O–H groups in total. The largest absolute Gasteiger partial charge is 0.468 e. The summed E-state index contributed by atoms with van der Waals surface area (Å²) < 4.78 is 4.89. The van der Waals surface area contributed by atoms with Crippen LogP contribution in [0.25, 0.3) is 0 Å². The summed E-state index contributed by atoms with van der Waals surface area (Å²) in [6.07, 6.45) is 11.7. The van der Waals surface area contributed by atoms with E-state index < -0.39 is 0 Å². The van der Waals surface area contributed by atoms with Gasteiger partial charge in [0.2, 0.25) is 0 Å². The van der Waals surface area contributed by atoms with Gasteiger partial charge in [-0.1, -0.05) is 26.2 Å². The van der Waals surface area contributed by atoms with E-state index in [0.29, 0.717) is 18.6 Å². The van der Waals surface area contributed by atoms with Crippen LogP contribution in [0.5, 0.6) is 0 Å². The second-order valence-electron chi connectivity index (χ2n) is 6.27. The lowest BCUT2D eigenvalue weighted by molar-refractivity contribution is -0.143. The highest BCUT2D eigenvalue weighted by molar-refractivity contribution is 5.71. The van der Waals surface area contributed by atoms with Crippen LogP contribution in [0.2, 0.25) is 0 Å². The van der Waals surface area contributed by atoms with E-state index >= 15 is 0 Å². The highest BCUT2D eigenvalue weighted by Crippen LogP contribution is 2.33. The molecule has 2 aliphatic rings. The molecular formula is C16H29NO2. The Morgan fingerprint density at radius 1 is 1.05 bits per heavy atom. The highest BCUT2D eigenvalue weighted by atomic mass is 16.5. The average molecular weight is 267 g/mol. The third-order valence-electron chi connectivity index (χ3n) is 5.20. The number of methoxy groups -OCH3 is 1. The van der Waals surface area contributed by atoms with E-state index in [9.17, 15) is 4.79 Å². The van der Waals surface area contributed by atoms with Gasteiger partial charge in [0.1, 0.15) is 0 Å². The number of ether oxygens (including phenoxy) is 1. The Morgan fingerprint density at radius 3 is 2.16 bits per heavy atom. The summed E-state index contributed by atoms with van der Waals surface area (Å²) in [6.45, 7) is 2.80. The third-order valence-corrected chi connectivity index (χ3v) is 5.20. The van der Waals surface area contributed by atoms with Crippen molar-refractivity contribution >= 4 is 5.97 Å². The number of nitrogens with zero attached hydrogens (tertiary/aromatic N) is 1. The summed E-state index contributed by atoms with van der Waals surface area (Å²) >= 11 is 0. The third kappa shape index (κ3) is 3.95. The van der Waals surface area contributed by atoms with Gasteiger partial charge in [0, 0.05) is 12.1 Å². The molecule has 0 saturated heterocycles. The predicted molar refractivity (Wildman–Crippen MR) is 77.0 cm³/mol. The van der Waals surface area contributed by atoms with Crippen LogP contribution in [0, 0.1) is 5.92 Å². The van der Waals surface area contributed by atoms with Gasteiger partial charge >= 0.3 is 5.97 Å². The van der Waals surface area contributed by atoms with Crippen LogP contribution in [0.4, 0.5) is 0 Å². The molecule has 110 valence electrons. The molecule has 0 aliphatic heterocycles. The van der Waals surface area contributed by atoms with Gasteiger partial charge in [0.15, 0.2) is 0 Å². The predicted octanol–water partition coefficient (Wildman–Crippen LogP) is 3.37. The van der Waals surface area contributed by atoms with Gasteiger partial charge in [-0.2, -0.15) is 0 Å². The van der Waals surface area contributed by atoms with Crippen LogP contribution in [0.3, 0.4) is 0 Å². The molecule has 0 bridgehead atoms. The lowest BCUT2D eigenvalue weighted by atomic mass is 9.83. The molecule has 2 aliphatic carbocycles. The van der Waals surface area contributed by atoms with Crippen LogP contribution < -0.4 is 0 Å². The Bertz CT molecular complexity index is 278. The molecule has 2 fully saturated rings. The van der Waals surface area contributed by atoms with Gasteiger partial charge in [0.25, 0.3) is 0 Å². The minimum Gasteiger partial charge on any atom is -0.468 e. The fourth-order valence-corrected chi connectivity index (χ4v) is 3.89. The van der Waals surface area contributed by atoms with Gasteiger partial charge in [0.05, 0.1) is 13.7 Å². The zero-order valence-corrected chi connectivity index (χ0v) is 12.6. The average Bonchev–Trinajstić information content (AvgIpc) is 2.98. The van der Waals surface area contributed by atoms with E-state index in [0.717, 1.165) is 5.92 Å². The maximum Gasteiger partial charge on any atom is 0.319 e. The number of carbonyl (C=O) groups excluding carboxylic acids is 1. The minimum atomic E-state index is -0.0653. The lowest BCUT2D eigenvalue weighted by Crippen LogP contribution is -2.46. The van der Waals surface area contributed by atoms with E-state index in [1.54, 1.807) is 0 Å². The molecule has 3 nitrogen and oxygen atoms in total. The van der Waals surface area contributed by atoms with Crippen molar-refractivity contribution in [3.05, 3.63) is 0 Å². The lowest BCUT2D eigenvalue weighted by Gasteiger charge is -2.39. The van der Waals surface area contributed by atoms with Crippen LogP contribution in [-0.2, 0) is 9.53 Å². The van der Waals surface area contributed by atoms with Crippen molar-refractivity contribution < 1.29 is 9.53 Å². The Morgan fingerprint density at radius 2 is 1.63 bits per heavy atom. The highest BCUT2D eigenvalue weighted by Gasteiger charge is 2.32. The summed E-state index contributed by atoms with van der Waals surface area (Å²) in [6, 6.07) is 1.24. The molecule has 2 saturated carbocycles. The number of esters is 1. The van der Waals surface area contributed by atoms with E-state index in [1.165, 1.54) is 64.9 Å². The van der Waals surface area contributed by atoms with Crippen molar-refractivity contribution in [1.82, 2.24) is 4.90 Å². The van der Waals surface area contributed by atoms with Crippen LogP contribution in [0.15, 0.2) is 0 Å². The van der Waals surface area contributed by atoms with Crippen molar-refractivity contribution in [2.24, 2.45) is 5.92 Å². The van der Waals surface area contributed by atoms with Gasteiger partial charge < -0.3 is 4.74 Å². The minimum absolute atomic E-state index is 0.0653. The maximum atomic E-state index is 11.7. The van der Waals surface area contributed by atoms with E-state index in [2.05, 4.69) is 11.8 Å². The Balaban J connectivity index is 1.94. The molecule has 0 spiro atoms. The smallest absolute Gasteiger partial charge is 0.319 e. The number of rotatable bonds is 5. The number of hydrogen-bond donors (Lipinski definition) is 0.